The van der Waals surface area contributed by atoms with Crippen LogP contribution in [0.15, 0.2) is 23.1 Å². The van der Waals surface area contributed by atoms with Crippen LogP contribution in [0.5, 0.6) is 0 Å². The molecule has 1 saturated carbocycles. The van der Waals surface area contributed by atoms with Gasteiger partial charge in [0.25, 0.3) is 0 Å². The Morgan fingerprint density at radius 3 is 2.94 bits per heavy atom. The number of methoxy groups -OCH3 is 1. The van der Waals surface area contributed by atoms with Crippen molar-refractivity contribution in [3.05, 3.63) is 24.0 Å². The van der Waals surface area contributed by atoms with Gasteiger partial charge in [-0.1, -0.05) is 0 Å². The minimum absolute atomic E-state index is 0.213. The molecule has 0 spiro atoms. The summed E-state index contributed by atoms with van der Waals surface area (Å²) in [7, 11) is 1.75. The highest BCUT2D eigenvalue weighted by atomic mass is 32.2. The molecule has 1 aromatic rings. The fourth-order valence-corrected chi connectivity index (χ4v) is 3.49. The van der Waals surface area contributed by atoms with Crippen molar-refractivity contribution in [2.75, 3.05) is 12.8 Å². The lowest BCUT2D eigenvalue weighted by Crippen LogP contribution is -2.23. The van der Waals surface area contributed by atoms with Crippen molar-refractivity contribution < 1.29 is 9.13 Å². The minimum atomic E-state index is -0.213. The topological polar surface area (TPSA) is 35.2 Å². The third kappa shape index (κ3) is 3.36. The maximum atomic E-state index is 13.7. The molecule has 0 saturated heterocycles. The fraction of sp³-hybridized carbons (Fsp3) is 0.538. The molecular weight excluding hydrogens is 237 g/mol. The van der Waals surface area contributed by atoms with Gasteiger partial charge in [-0.2, -0.15) is 0 Å². The number of hydrogen-bond acceptors (Lipinski definition) is 3. The van der Waals surface area contributed by atoms with Gasteiger partial charge in [0, 0.05) is 22.9 Å². The second-order valence-corrected chi connectivity index (χ2v) is 5.80. The average Bonchev–Trinajstić information content (AvgIpc) is 2.33. The van der Waals surface area contributed by atoms with Crippen LogP contribution in [0.25, 0.3) is 0 Å². The summed E-state index contributed by atoms with van der Waals surface area (Å²) in [5.41, 5.74) is 6.01. The van der Waals surface area contributed by atoms with E-state index in [1.807, 2.05) is 0 Å². The Bertz CT molecular complexity index is 386. The van der Waals surface area contributed by atoms with Crippen LogP contribution in [-0.2, 0) is 4.74 Å². The Morgan fingerprint density at radius 2 is 2.24 bits per heavy atom. The number of rotatable bonds is 3. The van der Waals surface area contributed by atoms with Crippen LogP contribution >= 0.6 is 11.8 Å². The first-order valence-electron chi connectivity index (χ1n) is 5.93. The van der Waals surface area contributed by atoms with E-state index in [0.717, 1.165) is 25.7 Å². The molecule has 2 atom stereocenters. The first kappa shape index (κ1) is 12.7. The molecule has 1 fully saturated rings. The number of nitrogens with two attached hydrogens (primary N) is 1. The molecule has 4 heteroatoms. The minimum Gasteiger partial charge on any atom is -0.399 e. The standard InChI is InChI=1S/C13H18FNOS/c1-16-10-3-2-4-11(8-10)17-13-6-5-9(15)7-12(13)14/h5-7,10-11H,2-4,8,15H2,1H3. The number of benzene rings is 1. The van der Waals surface area contributed by atoms with Crippen LogP contribution in [-0.4, -0.2) is 18.5 Å². The molecule has 0 aliphatic heterocycles. The second-order valence-electron chi connectivity index (χ2n) is 4.45. The normalized spacial score (nSPS) is 24.8. The van der Waals surface area contributed by atoms with Crippen molar-refractivity contribution >= 4 is 17.4 Å². The van der Waals surface area contributed by atoms with Crippen LogP contribution in [0.2, 0.25) is 0 Å². The predicted molar refractivity (Wildman–Crippen MR) is 69.7 cm³/mol. The van der Waals surface area contributed by atoms with Gasteiger partial charge in [0.2, 0.25) is 0 Å². The summed E-state index contributed by atoms with van der Waals surface area (Å²) in [6, 6.07) is 4.91. The van der Waals surface area contributed by atoms with Gasteiger partial charge in [-0.15, -0.1) is 11.8 Å². The van der Waals surface area contributed by atoms with E-state index in [4.69, 9.17) is 10.5 Å². The van der Waals surface area contributed by atoms with Crippen molar-refractivity contribution in [3.8, 4) is 0 Å². The second kappa shape index (κ2) is 5.74. The smallest absolute Gasteiger partial charge is 0.138 e. The van der Waals surface area contributed by atoms with E-state index in [9.17, 15) is 4.39 Å². The summed E-state index contributed by atoms with van der Waals surface area (Å²) in [5.74, 6) is -0.213. The van der Waals surface area contributed by atoms with Crippen LogP contribution < -0.4 is 5.73 Å². The van der Waals surface area contributed by atoms with Crippen LogP contribution in [0.1, 0.15) is 25.7 Å². The molecule has 2 rings (SSSR count). The van der Waals surface area contributed by atoms with E-state index in [-0.39, 0.29) is 5.82 Å². The molecule has 1 aliphatic carbocycles. The summed E-state index contributed by atoms with van der Waals surface area (Å²) in [6.45, 7) is 0. The summed E-state index contributed by atoms with van der Waals surface area (Å²) in [6.07, 6.45) is 4.75. The monoisotopic (exact) mass is 255 g/mol. The zero-order chi connectivity index (χ0) is 12.3. The zero-order valence-electron chi connectivity index (χ0n) is 9.99. The molecule has 2 N–H and O–H groups in total. The maximum Gasteiger partial charge on any atom is 0.138 e. The summed E-state index contributed by atoms with van der Waals surface area (Å²) in [4.78, 5) is 0.695. The van der Waals surface area contributed by atoms with E-state index in [2.05, 4.69) is 0 Å². The quantitative estimate of drug-likeness (QED) is 0.840. The van der Waals surface area contributed by atoms with Gasteiger partial charge in [0.05, 0.1) is 6.10 Å². The molecule has 0 heterocycles. The van der Waals surface area contributed by atoms with Gasteiger partial charge >= 0.3 is 0 Å². The zero-order valence-corrected chi connectivity index (χ0v) is 10.8. The number of halogens is 1. The highest BCUT2D eigenvalue weighted by Crippen LogP contribution is 2.36. The van der Waals surface area contributed by atoms with E-state index in [0.29, 0.717) is 21.9 Å². The highest BCUT2D eigenvalue weighted by Gasteiger charge is 2.23. The molecular formula is C13H18FNOS. The number of anilines is 1. The van der Waals surface area contributed by atoms with Gasteiger partial charge < -0.3 is 10.5 Å². The van der Waals surface area contributed by atoms with Crippen LogP contribution in [0.3, 0.4) is 0 Å². The summed E-state index contributed by atoms with van der Waals surface area (Å²) >= 11 is 1.61. The number of thioether (sulfide) groups is 1. The lowest BCUT2D eigenvalue weighted by molar-refractivity contribution is 0.0730. The molecule has 2 unspecified atom stereocenters. The van der Waals surface area contributed by atoms with Crippen molar-refractivity contribution in [1.29, 1.82) is 0 Å². The summed E-state index contributed by atoms with van der Waals surface area (Å²) in [5, 5.41) is 0.451. The Morgan fingerprint density at radius 1 is 1.41 bits per heavy atom. The lowest BCUT2D eigenvalue weighted by atomic mass is 9.97. The third-order valence-corrected chi connectivity index (χ3v) is 4.51. The van der Waals surface area contributed by atoms with Crippen LogP contribution in [0, 0.1) is 5.82 Å². The molecule has 1 aliphatic rings. The van der Waals surface area contributed by atoms with Crippen LogP contribution in [0.4, 0.5) is 10.1 Å². The Hall–Kier alpha value is -0.740. The van der Waals surface area contributed by atoms with Gasteiger partial charge in [-0.3, -0.25) is 0 Å². The van der Waals surface area contributed by atoms with E-state index < -0.39 is 0 Å². The van der Waals surface area contributed by atoms with Crippen molar-refractivity contribution in [3.63, 3.8) is 0 Å². The van der Waals surface area contributed by atoms with Crippen molar-refractivity contribution in [2.45, 2.75) is 41.9 Å². The molecule has 0 aromatic heterocycles. The van der Waals surface area contributed by atoms with Gasteiger partial charge in [0.1, 0.15) is 5.82 Å². The fourth-order valence-electron chi connectivity index (χ4n) is 2.22. The molecule has 1 aromatic carbocycles. The van der Waals surface area contributed by atoms with E-state index in [1.165, 1.54) is 6.07 Å². The first-order chi connectivity index (χ1) is 8.19. The molecule has 0 bridgehead atoms. The Labute approximate surface area is 106 Å². The predicted octanol–water partition coefficient (Wildman–Crippen LogP) is 3.46. The van der Waals surface area contributed by atoms with Gasteiger partial charge in [-0.05, 0) is 43.9 Å². The largest absolute Gasteiger partial charge is 0.399 e. The molecule has 94 valence electrons. The SMILES string of the molecule is COC1CCCC(Sc2ccc(N)cc2F)C1. The molecule has 0 radical (unpaired) electrons. The Kier molecular flexibility index (Phi) is 4.29. The van der Waals surface area contributed by atoms with Gasteiger partial charge in [-0.25, -0.2) is 4.39 Å². The maximum absolute atomic E-state index is 13.7. The molecule has 2 nitrogen and oxygen atoms in total. The molecule has 17 heavy (non-hydrogen) atoms. The highest BCUT2D eigenvalue weighted by molar-refractivity contribution is 8.00. The summed E-state index contributed by atoms with van der Waals surface area (Å²) < 4.78 is 19.0. The Balaban J connectivity index is 2.00. The number of ether oxygens (including phenoxy) is 1. The molecule has 0 amide bonds. The van der Waals surface area contributed by atoms with Gasteiger partial charge in [0.15, 0.2) is 0 Å². The van der Waals surface area contributed by atoms with Crippen molar-refractivity contribution in [1.82, 2.24) is 0 Å². The van der Waals surface area contributed by atoms with E-state index in [1.54, 1.807) is 31.0 Å². The number of hydrogen-bond donors (Lipinski definition) is 1. The van der Waals surface area contributed by atoms with Crippen molar-refractivity contribution in [2.24, 2.45) is 0 Å². The number of nitrogen functional groups attached to an aromatic ring is 1. The third-order valence-electron chi connectivity index (χ3n) is 3.16. The lowest BCUT2D eigenvalue weighted by Gasteiger charge is -2.27. The van der Waals surface area contributed by atoms with E-state index >= 15 is 0 Å². The first-order valence-corrected chi connectivity index (χ1v) is 6.81. The average molecular weight is 255 g/mol.